The fourth-order valence-corrected chi connectivity index (χ4v) is 2.88. The molecule has 1 fully saturated rings. The van der Waals surface area contributed by atoms with E-state index in [1.165, 1.54) is 0 Å². The van der Waals surface area contributed by atoms with Gasteiger partial charge in [0.1, 0.15) is 11.9 Å². The highest BCUT2D eigenvalue weighted by atomic mass is 32.2. The van der Waals surface area contributed by atoms with Crippen LogP contribution < -0.4 is 10.1 Å². The van der Waals surface area contributed by atoms with Crippen molar-refractivity contribution >= 4 is 9.84 Å². The number of rotatable bonds is 4. The van der Waals surface area contributed by atoms with E-state index in [2.05, 4.69) is 5.32 Å². The fourth-order valence-electron chi connectivity index (χ4n) is 2.00. The minimum Gasteiger partial charge on any atom is -0.490 e. The van der Waals surface area contributed by atoms with Gasteiger partial charge in [0.2, 0.25) is 0 Å². The Balaban J connectivity index is 2.03. The second-order valence-electron chi connectivity index (χ2n) is 4.44. The first kappa shape index (κ1) is 13.4. The van der Waals surface area contributed by atoms with Crippen molar-refractivity contribution in [2.24, 2.45) is 0 Å². The lowest BCUT2D eigenvalue weighted by Crippen LogP contribution is -2.34. The van der Waals surface area contributed by atoms with E-state index < -0.39 is 9.84 Å². The first-order chi connectivity index (χ1) is 8.62. The van der Waals surface area contributed by atoms with Crippen molar-refractivity contribution in [3.63, 3.8) is 0 Å². The molecule has 5 heteroatoms. The summed E-state index contributed by atoms with van der Waals surface area (Å²) in [5.74, 6) is 0.874. The molecule has 1 aromatic carbocycles. The van der Waals surface area contributed by atoms with Crippen LogP contribution in [0.15, 0.2) is 29.2 Å². The third-order valence-electron chi connectivity index (χ3n) is 3.15. The molecular weight excluding hydrogens is 250 g/mol. The summed E-state index contributed by atoms with van der Waals surface area (Å²) in [7, 11) is -3.11. The number of hydrogen-bond donors (Lipinski definition) is 1. The molecule has 0 radical (unpaired) electrons. The van der Waals surface area contributed by atoms with Crippen molar-refractivity contribution in [2.75, 3.05) is 18.8 Å². The quantitative estimate of drug-likeness (QED) is 0.902. The van der Waals surface area contributed by atoms with E-state index in [0.717, 1.165) is 31.7 Å². The zero-order valence-electron chi connectivity index (χ0n) is 10.6. The van der Waals surface area contributed by atoms with Crippen molar-refractivity contribution in [3.8, 4) is 5.75 Å². The van der Waals surface area contributed by atoms with E-state index in [-0.39, 0.29) is 11.9 Å². The maximum Gasteiger partial charge on any atom is 0.178 e. The van der Waals surface area contributed by atoms with Crippen LogP contribution in [0.3, 0.4) is 0 Å². The van der Waals surface area contributed by atoms with E-state index in [4.69, 9.17) is 4.74 Å². The Morgan fingerprint density at radius 3 is 2.39 bits per heavy atom. The minimum absolute atomic E-state index is 0.126. The van der Waals surface area contributed by atoms with Gasteiger partial charge in [-0.2, -0.15) is 0 Å². The SMILES string of the molecule is CCS(=O)(=O)c1ccc(OC2CCNCC2)cc1. The lowest BCUT2D eigenvalue weighted by molar-refractivity contribution is 0.162. The molecule has 0 unspecified atom stereocenters. The fraction of sp³-hybridized carbons (Fsp3) is 0.538. The maximum absolute atomic E-state index is 11.7. The first-order valence-corrected chi connectivity index (χ1v) is 7.97. The Bertz CT molecular complexity index is 475. The molecule has 0 saturated carbocycles. The van der Waals surface area contributed by atoms with Crippen molar-refractivity contribution in [1.29, 1.82) is 0 Å². The van der Waals surface area contributed by atoms with E-state index in [0.29, 0.717) is 4.90 Å². The molecule has 1 saturated heterocycles. The highest BCUT2D eigenvalue weighted by molar-refractivity contribution is 7.91. The molecule has 0 amide bonds. The van der Waals surface area contributed by atoms with Crippen LogP contribution in [0.1, 0.15) is 19.8 Å². The lowest BCUT2D eigenvalue weighted by atomic mass is 10.1. The van der Waals surface area contributed by atoms with Crippen LogP contribution in [0.2, 0.25) is 0 Å². The Morgan fingerprint density at radius 1 is 1.22 bits per heavy atom. The summed E-state index contributed by atoms with van der Waals surface area (Å²) in [6.07, 6.45) is 2.23. The zero-order valence-corrected chi connectivity index (χ0v) is 11.4. The molecule has 1 aliphatic rings. The van der Waals surface area contributed by atoms with Gasteiger partial charge in [-0.1, -0.05) is 6.92 Å². The predicted molar refractivity (Wildman–Crippen MR) is 70.7 cm³/mol. The van der Waals surface area contributed by atoms with E-state index in [9.17, 15) is 8.42 Å². The van der Waals surface area contributed by atoms with Crippen LogP contribution in [0.4, 0.5) is 0 Å². The maximum atomic E-state index is 11.7. The Morgan fingerprint density at radius 2 is 1.83 bits per heavy atom. The van der Waals surface area contributed by atoms with Gasteiger partial charge in [0, 0.05) is 0 Å². The average Bonchev–Trinajstić information content (AvgIpc) is 2.40. The van der Waals surface area contributed by atoms with Gasteiger partial charge in [-0.3, -0.25) is 0 Å². The highest BCUT2D eigenvalue weighted by Gasteiger charge is 2.15. The number of piperidine rings is 1. The van der Waals surface area contributed by atoms with Crippen LogP contribution in [-0.4, -0.2) is 33.4 Å². The third-order valence-corrected chi connectivity index (χ3v) is 4.90. The topological polar surface area (TPSA) is 55.4 Å². The molecule has 0 atom stereocenters. The van der Waals surface area contributed by atoms with Gasteiger partial charge in [-0.15, -0.1) is 0 Å². The van der Waals surface area contributed by atoms with Gasteiger partial charge in [0.15, 0.2) is 9.84 Å². The average molecular weight is 269 g/mol. The standard InChI is InChI=1S/C13H19NO3S/c1-2-18(15,16)13-5-3-11(4-6-13)17-12-7-9-14-10-8-12/h3-6,12,14H,2,7-10H2,1H3. The highest BCUT2D eigenvalue weighted by Crippen LogP contribution is 2.20. The predicted octanol–water partition coefficient (Wildman–Crippen LogP) is 1.61. The van der Waals surface area contributed by atoms with E-state index in [1.54, 1.807) is 31.2 Å². The third kappa shape index (κ3) is 3.23. The van der Waals surface area contributed by atoms with Crippen LogP contribution in [-0.2, 0) is 9.84 Å². The van der Waals surface area contributed by atoms with Crippen molar-refractivity contribution < 1.29 is 13.2 Å². The molecule has 100 valence electrons. The number of hydrogen-bond acceptors (Lipinski definition) is 4. The molecule has 18 heavy (non-hydrogen) atoms. The summed E-state index contributed by atoms with van der Waals surface area (Å²) in [4.78, 5) is 0.364. The number of nitrogens with one attached hydrogen (secondary N) is 1. The van der Waals surface area contributed by atoms with Gasteiger partial charge >= 0.3 is 0 Å². The van der Waals surface area contributed by atoms with Gasteiger partial charge in [0.05, 0.1) is 10.6 Å². The van der Waals surface area contributed by atoms with Crippen LogP contribution >= 0.6 is 0 Å². The number of sulfone groups is 1. The number of benzene rings is 1. The van der Waals surface area contributed by atoms with Crippen LogP contribution in [0, 0.1) is 0 Å². The Labute approximate surface area is 108 Å². The van der Waals surface area contributed by atoms with Crippen molar-refractivity contribution in [3.05, 3.63) is 24.3 Å². The summed E-state index contributed by atoms with van der Waals surface area (Å²) >= 11 is 0. The largest absolute Gasteiger partial charge is 0.490 e. The number of ether oxygens (including phenoxy) is 1. The second-order valence-corrected chi connectivity index (χ2v) is 6.72. The molecule has 4 nitrogen and oxygen atoms in total. The van der Waals surface area contributed by atoms with E-state index >= 15 is 0 Å². The van der Waals surface area contributed by atoms with Crippen LogP contribution in [0.5, 0.6) is 5.75 Å². The molecule has 1 N–H and O–H groups in total. The first-order valence-electron chi connectivity index (χ1n) is 6.32. The second kappa shape index (κ2) is 5.71. The molecule has 2 rings (SSSR count). The minimum atomic E-state index is -3.11. The zero-order chi connectivity index (χ0) is 13.0. The van der Waals surface area contributed by atoms with Gasteiger partial charge in [-0.25, -0.2) is 8.42 Å². The molecular formula is C13H19NO3S. The molecule has 0 aromatic heterocycles. The van der Waals surface area contributed by atoms with E-state index in [1.807, 2.05) is 0 Å². The summed E-state index contributed by atoms with van der Waals surface area (Å²) in [6.45, 7) is 3.61. The van der Waals surface area contributed by atoms with Gasteiger partial charge in [0.25, 0.3) is 0 Å². The van der Waals surface area contributed by atoms with Crippen molar-refractivity contribution in [1.82, 2.24) is 5.32 Å². The summed E-state index contributed by atoms with van der Waals surface area (Å²) in [6, 6.07) is 6.72. The van der Waals surface area contributed by atoms with Crippen LogP contribution in [0.25, 0.3) is 0 Å². The molecule has 1 aliphatic heterocycles. The van der Waals surface area contributed by atoms with Crippen molar-refractivity contribution in [2.45, 2.75) is 30.8 Å². The normalized spacial score (nSPS) is 17.6. The smallest absolute Gasteiger partial charge is 0.178 e. The summed E-state index contributed by atoms with van der Waals surface area (Å²) < 4.78 is 29.1. The summed E-state index contributed by atoms with van der Waals surface area (Å²) in [5, 5.41) is 3.28. The monoisotopic (exact) mass is 269 g/mol. The molecule has 1 aromatic rings. The summed E-state index contributed by atoms with van der Waals surface area (Å²) in [5.41, 5.74) is 0. The van der Waals surface area contributed by atoms with Gasteiger partial charge in [-0.05, 0) is 50.2 Å². The molecule has 0 aliphatic carbocycles. The Hall–Kier alpha value is -1.07. The molecule has 0 spiro atoms. The molecule has 1 heterocycles. The Kier molecular flexibility index (Phi) is 4.24. The van der Waals surface area contributed by atoms with Gasteiger partial charge < -0.3 is 10.1 Å². The lowest BCUT2D eigenvalue weighted by Gasteiger charge is -2.23. The molecule has 0 bridgehead atoms.